The number of nitrogens with zero attached hydrogens (tertiary/aromatic N) is 1. The van der Waals surface area contributed by atoms with Crippen LogP contribution in [0.2, 0.25) is 0 Å². The van der Waals surface area contributed by atoms with Crippen molar-refractivity contribution in [1.29, 1.82) is 0 Å². The molecule has 96 valence electrons. The molecule has 0 radical (unpaired) electrons. The average molecular weight is 243 g/mol. The van der Waals surface area contributed by atoms with Gasteiger partial charge in [0, 0.05) is 11.8 Å². The first kappa shape index (κ1) is 12.3. The maximum absolute atomic E-state index is 15.2. The number of esters is 1. The molecule has 2 rings (SSSR count). The Hall–Kier alpha value is -1.13. The van der Waals surface area contributed by atoms with Crippen LogP contribution in [0.3, 0.4) is 0 Å². The van der Waals surface area contributed by atoms with E-state index in [4.69, 9.17) is 4.84 Å². The normalized spacial score (nSPS) is 36.2. The van der Waals surface area contributed by atoms with Gasteiger partial charge in [0.05, 0.1) is 7.11 Å². The van der Waals surface area contributed by atoms with Gasteiger partial charge < -0.3 is 9.57 Å². The number of halogens is 1. The summed E-state index contributed by atoms with van der Waals surface area (Å²) in [5.74, 6) is -0.666. The van der Waals surface area contributed by atoms with E-state index in [2.05, 4.69) is 9.89 Å². The van der Waals surface area contributed by atoms with Crippen LogP contribution in [0, 0.1) is 5.41 Å². The minimum absolute atomic E-state index is 0.262. The van der Waals surface area contributed by atoms with Crippen LogP contribution >= 0.6 is 0 Å². The van der Waals surface area contributed by atoms with Gasteiger partial charge in [0.2, 0.25) is 5.67 Å². The molecule has 1 aliphatic carbocycles. The summed E-state index contributed by atoms with van der Waals surface area (Å²) < 4.78 is 19.9. The maximum Gasteiger partial charge on any atom is 0.356 e. The molecule has 0 aromatic rings. The van der Waals surface area contributed by atoms with Crippen molar-refractivity contribution in [3.05, 3.63) is 0 Å². The van der Waals surface area contributed by atoms with Crippen LogP contribution in [-0.2, 0) is 14.4 Å². The fraction of sp³-hybridized carbons (Fsp3) is 0.833. The van der Waals surface area contributed by atoms with Crippen LogP contribution in [0.15, 0.2) is 5.16 Å². The third-order valence-corrected chi connectivity index (χ3v) is 3.58. The van der Waals surface area contributed by atoms with Crippen molar-refractivity contribution in [2.75, 3.05) is 7.11 Å². The summed E-state index contributed by atoms with van der Waals surface area (Å²) in [5, 5.41) is 3.85. The van der Waals surface area contributed by atoms with E-state index in [9.17, 15) is 4.79 Å². The highest BCUT2D eigenvalue weighted by Crippen LogP contribution is 2.53. The number of rotatable bonds is 1. The lowest BCUT2D eigenvalue weighted by molar-refractivity contribution is -0.176. The third kappa shape index (κ3) is 1.40. The van der Waals surface area contributed by atoms with Crippen LogP contribution in [0.25, 0.3) is 0 Å². The number of alkyl halides is 1. The topological polar surface area (TPSA) is 47.9 Å². The standard InChI is InChI=1S/C12H18FNO3/c1-10(2,3)8-11(13)6-5-7-12(11,17-14-8)9(15)16-4/h5-7H2,1-4H3. The predicted molar refractivity (Wildman–Crippen MR) is 60.4 cm³/mol. The quantitative estimate of drug-likeness (QED) is 0.663. The molecule has 0 saturated heterocycles. The fourth-order valence-electron chi connectivity index (χ4n) is 2.80. The van der Waals surface area contributed by atoms with E-state index in [0.29, 0.717) is 18.6 Å². The van der Waals surface area contributed by atoms with E-state index in [1.807, 2.05) is 20.8 Å². The zero-order valence-corrected chi connectivity index (χ0v) is 10.7. The highest BCUT2D eigenvalue weighted by molar-refractivity contribution is 6.04. The van der Waals surface area contributed by atoms with E-state index in [-0.39, 0.29) is 6.42 Å². The van der Waals surface area contributed by atoms with E-state index in [1.54, 1.807) is 0 Å². The summed E-state index contributed by atoms with van der Waals surface area (Å²) >= 11 is 0. The van der Waals surface area contributed by atoms with Crippen molar-refractivity contribution < 1.29 is 18.8 Å². The number of fused-ring (bicyclic) bond motifs is 1. The molecule has 0 N–H and O–H groups in total. The van der Waals surface area contributed by atoms with Gasteiger partial charge in [-0.15, -0.1) is 0 Å². The van der Waals surface area contributed by atoms with Gasteiger partial charge >= 0.3 is 5.97 Å². The molecule has 0 spiro atoms. The van der Waals surface area contributed by atoms with Crippen LogP contribution in [-0.4, -0.2) is 30.1 Å². The summed E-state index contributed by atoms with van der Waals surface area (Å²) in [4.78, 5) is 17.0. The summed E-state index contributed by atoms with van der Waals surface area (Å²) in [7, 11) is 1.24. The van der Waals surface area contributed by atoms with Gasteiger partial charge in [-0.1, -0.05) is 25.9 Å². The SMILES string of the molecule is COC(=O)C12CCCC1(F)C(C(C)(C)C)=NO2. The first-order chi connectivity index (χ1) is 7.78. The Kier molecular flexibility index (Phi) is 2.49. The van der Waals surface area contributed by atoms with Crippen LogP contribution in [0.4, 0.5) is 4.39 Å². The second-order valence-corrected chi connectivity index (χ2v) is 5.75. The minimum atomic E-state index is -1.82. The first-order valence-electron chi connectivity index (χ1n) is 5.82. The third-order valence-electron chi connectivity index (χ3n) is 3.58. The smallest absolute Gasteiger partial charge is 0.356 e. The summed E-state index contributed by atoms with van der Waals surface area (Å²) in [6.07, 6.45) is 1.18. The van der Waals surface area contributed by atoms with Gasteiger partial charge in [0.1, 0.15) is 5.71 Å². The highest BCUT2D eigenvalue weighted by atomic mass is 19.1. The van der Waals surface area contributed by atoms with E-state index >= 15 is 4.39 Å². The largest absolute Gasteiger partial charge is 0.466 e. The Morgan fingerprint density at radius 1 is 1.47 bits per heavy atom. The van der Waals surface area contributed by atoms with Gasteiger partial charge in [0.15, 0.2) is 0 Å². The van der Waals surface area contributed by atoms with Crippen molar-refractivity contribution in [3.8, 4) is 0 Å². The zero-order chi connectivity index (χ0) is 12.9. The van der Waals surface area contributed by atoms with Gasteiger partial charge in [-0.3, -0.25) is 0 Å². The lowest BCUT2D eigenvalue weighted by Crippen LogP contribution is -2.57. The molecule has 1 heterocycles. The lowest BCUT2D eigenvalue weighted by atomic mass is 9.74. The van der Waals surface area contributed by atoms with Crippen LogP contribution in [0.5, 0.6) is 0 Å². The molecule has 0 aromatic carbocycles. The second-order valence-electron chi connectivity index (χ2n) is 5.75. The minimum Gasteiger partial charge on any atom is -0.466 e. The number of oxime groups is 1. The Morgan fingerprint density at radius 3 is 2.65 bits per heavy atom. The van der Waals surface area contributed by atoms with E-state index in [1.165, 1.54) is 7.11 Å². The van der Waals surface area contributed by atoms with Crippen LogP contribution in [0.1, 0.15) is 40.0 Å². The van der Waals surface area contributed by atoms with Crippen molar-refractivity contribution in [2.45, 2.75) is 51.3 Å². The molecule has 1 aliphatic heterocycles. The van der Waals surface area contributed by atoms with Crippen molar-refractivity contribution >= 4 is 11.7 Å². The van der Waals surface area contributed by atoms with Crippen molar-refractivity contribution in [1.82, 2.24) is 0 Å². The van der Waals surface area contributed by atoms with Gasteiger partial charge in [-0.2, -0.15) is 0 Å². The average Bonchev–Trinajstić information content (AvgIpc) is 2.67. The molecule has 0 amide bonds. The van der Waals surface area contributed by atoms with Gasteiger partial charge in [-0.05, 0) is 12.8 Å². The number of methoxy groups -OCH3 is 1. The Balaban J connectivity index is 2.45. The summed E-state index contributed by atoms with van der Waals surface area (Å²) in [5.41, 5.74) is -3.52. The molecule has 0 bridgehead atoms. The molecule has 5 heteroatoms. The van der Waals surface area contributed by atoms with Gasteiger partial charge in [0.25, 0.3) is 5.60 Å². The Labute approximate surface area is 100 Å². The number of hydrogen-bond acceptors (Lipinski definition) is 4. The molecule has 17 heavy (non-hydrogen) atoms. The van der Waals surface area contributed by atoms with Crippen molar-refractivity contribution in [2.24, 2.45) is 10.6 Å². The molecular weight excluding hydrogens is 225 g/mol. The lowest BCUT2D eigenvalue weighted by Gasteiger charge is -2.32. The molecular formula is C12H18FNO3. The van der Waals surface area contributed by atoms with Crippen molar-refractivity contribution in [3.63, 3.8) is 0 Å². The highest BCUT2D eigenvalue weighted by Gasteiger charge is 2.72. The molecule has 2 aliphatic rings. The molecule has 2 unspecified atom stereocenters. The molecule has 4 nitrogen and oxygen atoms in total. The molecule has 1 saturated carbocycles. The predicted octanol–water partition coefficient (Wildman–Crippen LogP) is 2.22. The number of carbonyl (C=O) groups is 1. The summed E-state index contributed by atoms with van der Waals surface area (Å²) in [6.45, 7) is 5.59. The van der Waals surface area contributed by atoms with Gasteiger partial charge in [-0.25, -0.2) is 9.18 Å². The second kappa shape index (κ2) is 3.43. The molecule has 0 aromatic heterocycles. The zero-order valence-electron chi connectivity index (χ0n) is 10.7. The first-order valence-corrected chi connectivity index (χ1v) is 5.82. The number of hydrogen-bond donors (Lipinski definition) is 0. The van der Waals surface area contributed by atoms with E-state index < -0.39 is 22.7 Å². The maximum atomic E-state index is 15.2. The molecule has 1 fully saturated rings. The van der Waals surface area contributed by atoms with E-state index in [0.717, 1.165) is 0 Å². The Morgan fingerprint density at radius 2 is 2.12 bits per heavy atom. The molecule has 2 atom stereocenters. The monoisotopic (exact) mass is 243 g/mol. The summed E-state index contributed by atoms with van der Waals surface area (Å²) in [6, 6.07) is 0. The number of carbonyl (C=O) groups excluding carboxylic acids is 1. The fourth-order valence-corrected chi connectivity index (χ4v) is 2.80. The Bertz CT molecular complexity index is 388. The van der Waals surface area contributed by atoms with Crippen LogP contribution < -0.4 is 0 Å². The number of ether oxygens (including phenoxy) is 1.